The summed E-state index contributed by atoms with van der Waals surface area (Å²) in [5.74, 6) is 0. The van der Waals surface area contributed by atoms with Gasteiger partial charge in [-0.05, 0) is 134 Å². The van der Waals surface area contributed by atoms with Crippen LogP contribution in [0, 0.1) is 0 Å². The lowest BCUT2D eigenvalue weighted by molar-refractivity contribution is 0.768. The Morgan fingerprint density at radius 1 is 0.267 bits per heavy atom. The van der Waals surface area contributed by atoms with Gasteiger partial charge in [0.15, 0.2) is 0 Å². The van der Waals surface area contributed by atoms with Crippen molar-refractivity contribution in [1.29, 1.82) is 0 Å². The molecule has 0 bridgehead atoms. The van der Waals surface area contributed by atoms with E-state index in [0.717, 1.165) is 17.1 Å². The quantitative estimate of drug-likeness (QED) is 0.158. The fraction of sp³-hybridized carbons (Fsp3) is 0.0169. The van der Waals surface area contributed by atoms with Gasteiger partial charge >= 0.3 is 0 Å². The van der Waals surface area contributed by atoms with Gasteiger partial charge in [0.05, 0.1) is 5.41 Å². The molecule has 0 saturated carbocycles. The van der Waals surface area contributed by atoms with Gasteiger partial charge in [-0.15, -0.1) is 0 Å². The predicted molar refractivity (Wildman–Crippen MR) is 255 cm³/mol. The Balaban J connectivity index is 1.16. The molecule has 0 heterocycles. The van der Waals surface area contributed by atoms with Gasteiger partial charge in [-0.2, -0.15) is 0 Å². The Hall–Kier alpha value is -7.74. The molecule has 60 heavy (non-hydrogen) atoms. The third-order valence-electron chi connectivity index (χ3n) is 13.4. The average Bonchev–Trinajstić information content (AvgIpc) is 3.61. The van der Waals surface area contributed by atoms with Crippen molar-refractivity contribution in [3.63, 3.8) is 0 Å². The molecule has 0 unspecified atom stereocenters. The maximum Gasteiger partial charge on any atom is 0.0714 e. The summed E-state index contributed by atoms with van der Waals surface area (Å²) in [5.41, 5.74) is 10.5. The fourth-order valence-electron chi connectivity index (χ4n) is 11.0. The highest BCUT2D eigenvalue weighted by Crippen LogP contribution is 2.57. The monoisotopic (exact) mass is 759 g/mol. The zero-order valence-electron chi connectivity index (χ0n) is 32.8. The summed E-state index contributed by atoms with van der Waals surface area (Å²) in [4.78, 5) is 2.48. The van der Waals surface area contributed by atoms with E-state index in [9.17, 15) is 0 Å². The second kappa shape index (κ2) is 12.6. The molecule has 0 atom stereocenters. The fourth-order valence-corrected chi connectivity index (χ4v) is 11.0. The number of anilines is 3. The Bertz CT molecular complexity index is 3600. The van der Waals surface area contributed by atoms with E-state index in [1.807, 2.05) is 0 Å². The van der Waals surface area contributed by atoms with Crippen LogP contribution in [0.5, 0.6) is 0 Å². The van der Waals surface area contributed by atoms with E-state index in [0.29, 0.717) is 0 Å². The van der Waals surface area contributed by atoms with Crippen LogP contribution in [0.1, 0.15) is 22.3 Å². The zero-order chi connectivity index (χ0) is 39.4. The highest BCUT2D eigenvalue weighted by Gasteiger charge is 2.46. The minimum absolute atomic E-state index is 0.505. The van der Waals surface area contributed by atoms with Crippen LogP contribution in [0.15, 0.2) is 224 Å². The average molecular weight is 760 g/mol. The standard InChI is InChI=1S/C59H37N/c1-4-18-42(19-5-1)59(43-20-6-2-7-21-43)53-28-11-10-24-47(53)48-34-33-45(37-54(48)59)60(44-22-8-3-9-23-44)46-35-41-32-31-40-16-13-26-50-49-25-12-15-38-29-30-39-17-14-27-51(57(39)55(38)49)52(36-46)58(41)56(40)50/h1-37H. The van der Waals surface area contributed by atoms with E-state index in [2.05, 4.69) is 229 Å². The summed E-state index contributed by atoms with van der Waals surface area (Å²) in [6.45, 7) is 0. The lowest BCUT2D eigenvalue weighted by Crippen LogP contribution is -2.28. The minimum Gasteiger partial charge on any atom is -0.310 e. The number of fused-ring (bicyclic) bond motifs is 5. The smallest absolute Gasteiger partial charge is 0.0714 e. The van der Waals surface area contributed by atoms with E-state index >= 15 is 0 Å². The molecule has 1 nitrogen and oxygen atoms in total. The van der Waals surface area contributed by atoms with Crippen molar-refractivity contribution in [2.24, 2.45) is 0 Å². The minimum atomic E-state index is -0.505. The number of benzene rings is 11. The first kappa shape index (κ1) is 33.3. The van der Waals surface area contributed by atoms with Gasteiger partial charge < -0.3 is 4.90 Å². The molecule has 12 aromatic carbocycles. The molecule has 0 saturated heterocycles. The molecule has 1 heteroatoms. The molecule has 278 valence electrons. The topological polar surface area (TPSA) is 3.24 Å². The highest BCUT2D eigenvalue weighted by atomic mass is 15.1. The third kappa shape index (κ3) is 4.52. The second-order valence-electron chi connectivity index (χ2n) is 16.4. The van der Waals surface area contributed by atoms with Crippen LogP contribution in [0.2, 0.25) is 0 Å². The van der Waals surface area contributed by atoms with Gasteiger partial charge in [-0.25, -0.2) is 0 Å². The summed E-state index contributed by atoms with van der Waals surface area (Å²) in [6, 6.07) is 83.9. The first-order valence-corrected chi connectivity index (χ1v) is 20.9. The summed E-state index contributed by atoms with van der Waals surface area (Å²) in [7, 11) is 0. The van der Waals surface area contributed by atoms with Crippen LogP contribution in [-0.4, -0.2) is 0 Å². The number of hydrogen-bond donors (Lipinski definition) is 0. The van der Waals surface area contributed by atoms with Gasteiger partial charge in [0.2, 0.25) is 0 Å². The lowest BCUT2D eigenvalue weighted by Gasteiger charge is -2.35. The van der Waals surface area contributed by atoms with Gasteiger partial charge in [0.1, 0.15) is 0 Å². The molecule has 0 aromatic heterocycles. The first-order chi connectivity index (χ1) is 29.8. The Labute approximate surface area is 348 Å². The largest absolute Gasteiger partial charge is 0.310 e. The molecule has 0 amide bonds. The van der Waals surface area contributed by atoms with Gasteiger partial charge in [0, 0.05) is 17.1 Å². The van der Waals surface area contributed by atoms with Gasteiger partial charge in [-0.3, -0.25) is 0 Å². The number of nitrogens with zero attached hydrogens (tertiary/aromatic N) is 1. The van der Waals surface area contributed by atoms with Crippen LogP contribution in [0.3, 0.4) is 0 Å². The SMILES string of the molecule is c1ccc(N(c2ccc3c(c2)C(c2ccccc2)(c2ccccc2)c2ccccc2-3)c2cc3ccc4cccc5c6cccc7ccc8cccc(c(c2)c3c45)c8c76)cc1. The molecular formula is C59H37N. The maximum absolute atomic E-state index is 2.48. The van der Waals surface area contributed by atoms with Crippen molar-refractivity contribution in [3.05, 3.63) is 247 Å². The van der Waals surface area contributed by atoms with E-state index in [1.165, 1.54) is 98.0 Å². The molecule has 0 aliphatic heterocycles. The van der Waals surface area contributed by atoms with Crippen LogP contribution < -0.4 is 4.90 Å². The molecular weight excluding hydrogens is 723 g/mol. The predicted octanol–water partition coefficient (Wildman–Crippen LogP) is 15.9. The summed E-state index contributed by atoms with van der Waals surface area (Å²) >= 11 is 0. The summed E-state index contributed by atoms with van der Waals surface area (Å²) in [5, 5.41) is 15.4. The second-order valence-corrected chi connectivity index (χ2v) is 16.4. The van der Waals surface area contributed by atoms with Crippen molar-refractivity contribution in [2.75, 3.05) is 4.90 Å². The van der Waals surface area contributed by atoms with Crippen molar-refractivity contribution in [3.8, 4) is 11.1 Å². The zero-order valence-corrected chi connectivity index (χ0v) is 32.8. The molecule has 13 rings (SSSR count). The van der Waals surface area contributed by atoms with Crippen molar-refractivity contribution in [1.82, 2.24) is 0 Å². The highest BCUT2D eigenvalue weighted by molar-refractivity contribution is 6.37. The molecule has 0 fully saturated rings. The van der Waals surface area contributed by atoms with Crippen LogP contribution >= 0.6 is 0 Å². The summed E-state index contributed by atoms with van der Waals surface area (Å²) < 4.78 is 0. The number of para-hydroxylation sites is 1. The molecule has 1 aliphatic rings. The van der Waals surface area contributed by atoms with E-state index in [-0.39, 0.29) is 0 Å². The van der Waals surface area contributed by atoms with Crippen molar-refractivity contribution >= 4 is 81.7 Å². The van der Waals surface area contributed by atoms with Gasteiger partial charge in [-0.1, -0.05) is 188 Å². The first-order valence-electron chi connectivity index (χ1n) is 20.9. The molecule has 1 aliphatic carbocycles. The Morgan fingerprint density at radius 3 is 1.35 bits per heavy atom. The Morgan fingerprint density at radius 2 is 0.750 bits per heavy atom. The van der Waals surface area contributed by atoms with Crippen LogP contribution in [0.25, 0.3) is 75.8 Å². The van der Waals surface area contributed by atoms with Crippen molar-refractivity contribution < 1.29 is 0 Å². The van der Waals surface area contributed by atoms with Crippen molar-refractivity contribution in [2.45, 2.75) is 5.41 Å². The van der Waals surface area contributed by atoms with Gasteiger partial charge in [0.25, 0.3) is 0 Å². The molecule has 0 N–H and O–H groups in total. The van der Waals surface area contributed by atoms with E-state index in [1.54, 1.807) is 0 Å². The molecule has 12 aromatic rings. The third-order valence-corrected chi connectivity index (χ3v) is 13.4. The summed E-state index contributed by atoms with van der Waals surface area (Å²) in [6.07, 6.45) is 0. The molecule has 0 radical (unpaired) electrons. The number of rotatable bonds is 5. The Kier molecular flexibility index (Phi) is 7.00. The van der Waals surface area contributed by atoms with Crippen LogP contribution in [0.4, 0.5) is 17.1 Å². The number of hydrogen-bond acceptors (Lipinski definition) is 1. The molecule has 0 spiro atoms. The van der Waals surface area contributed by atoms with E-state index < -0.39 is 5.41 Å². The maximum atomic E-state index is 2.48. The normalized spacial score (nSPS) is 13.1. The lowest BCUT2D eigenvalue weighted by atomic mass is 9.67. The van der Waals surface area contributed by atoms with Crippen LogP contribution in [-0.2, 0) is 5.41 Å². The van der Waals surface area contributed by atoms with E-state index in [4.69, 9.17) is 0 Å².